The molecule has 0 spiro atoms. The van der Waals surface area contributed by atoms with E-state index >= 15 is 0 Å². The Kier molecular flexibility index (Phi) is 9.21. The molecule has 1 unspecified atom stereocenters. The molecular weight excluding hydrogens is 214 g/mol. The van der Waals surface area contributed by atoms with Gasteiger partial charge in [0.2, 0.25) is 0 Å². The zero-order valence-electron chi connectivity index (χ0n) is 7.03. The first-order valence-corrected chi connectivity index (χ1v) is 3.96. The van der Waals surface area contributed by atoms with Crippen molar-refractivity contribution in [3.05, 3.63) is 0 Å². The zero-order chi connectivity index (χ0) is 9.56. The second-order valence-electron chi connectivity index (χ2n) is 2.38. The van der Waals surface area contributed by atoms with Crippen LogP contribution in [0.5, 0.6) is 0 Å². The van der Waals surface area contributed by atoms with E-state index in [1.807, 2.05) is 0 Å². The Morgan fingerprint density at radius 3 is 2.54 bits per heavy atom. The molecule has 0 aliphatic carbocycles. The first-order valence-electron chi connectivity index (χ1n) is 3.55. The van der Waals surface area contributed by atoms with Crippen LogP contribution in [-0.2, 0) is 4.79 Å². The number of hydrogen-bond donors (Lipinski definition) is 4. The van der Waals surface area contributed by atoms with Crippen LogP contribution in [0.25, 0.3) is 0 Å². The SMILES string of the molecule is Cl.NC(=S)NCCCC(N)C(=O)O. The summed E-state index contributed by atoms with van der Waals surface area (Å²) in [7, 11) is 0. The quantitative estimate of drug-likeness (QED) is 0.371. The van der Waals surface area contributed by atoms with E-state index < -0.39 is 12.0 Å². The highest BCUT2D eigenvalue weighted by atomic mass is 35.5. The molecule has 0 rings (SSSR count). The van der Waals surface area contributed by atoms with Gasteiger partial charge in [0.25, 0.3) is 0 Å². The fourth-order valence-electron chi connectivity index (χ4n) is 0.657. The zero-order valence-corrected chi connectivity index (χ0v) is 8.66. The number of carboxylic acid groups (broad SMARTS) is 1. The summed E-state index contributed by atoms with van der Waals surface area (Å²) in [5.74, 6) is -0.981. The molecular formula is C6H14ClN3O2S. The number of nitrogens with one attached hydrogen (secondary N) is 1. The van der Waals surface area contributed by atoms with Crippen LogP contribution in [0.2, 0.25) is 0 Å². The number of rotatable bonds is 5. The number of carboxylic acids is 1. The Balaban J connectivity index is 0. The molecule has 7 heteroatoms. The highest BCUT2D eigenvalue weighted by Gasteiger charge is 2.09. The van der Waals surface area contributed by atoms with Crippen LogP contribution in [0, 0.1) is 0 Å². The molecule has 0 aliphatic rings. The van der Waals surface area contributed by atoms with Crippen LogP contribution in [0.3, 0.4) is 0 Å². The van der Waals surface area contributed by atoms with Crippen LogP contribution in [0.4, 0.5) is 0 Å². The van der Waals surface area contributed by atoms with Crippen molar-refractivity contribution >= 4 is 35.7 Å². The third kappa shape index (κ3) is 9.32. The van der Waals surface area contributed by atoms with Crippen LogP contribution < -0.4 is 16.8 Å². The molecule has 0 bridgehead atoms. The number of hydrogen-bond acceptors (Lipinski definition) is 3. The van der Waals surface area contributed by atoms with Crippen molar-refractivity contribution in [2.24, 2.45) is 11.5 Å². The summed E-state index contributed by atoms with van der Waals surface area (Å²) in [6.07, 6.45) is 1.07. The summed E-state index contributed by atoms with van der Waals surface area (Å²) in [6, 6.07) is -0.793. The molecule has 1 atom stereocenters. The Morgan fingerprint density at radius 1 is 1.62 bits per heavy atom. The van der Waals surface area contributed by atoms with Gasteiger partial charge in [-0.1, -0.05) is 0 Å². The van der Waals surface area contributed by atoms with E-state index in [0.29, 0.717) is 19.4 Å². The predicted octanol–water partition coefficient (Wildman–Crippen LogP) is -0.567. The molecule has 0 fully saturated rings. The third-order valence-corrected chi connectivity index (χ3v) is 1.45. The molecule has 0 aliphatic heterocycles. The molecule has 0 saturated carbocycles. The molecule has 0 aromatic carbocycles. The minimum absolute atomic E-state index is 0. The van der Waals surface area contributed by atoms with Crippen molar-refractivity contribution in [2.45, 2.75) is 18.9 Å². The summed E-state index contributed by atoms with van der Waals surface area (Å²) in [6.45, 7) is 0.566. The Bertz CT molecular complexity index is 179. The fraction of sp³-hybridized carbons (Fsp3) is 0.667. The van der Waals surface area contributed by atoms with E-state index in [1.165, 1.54) is 0 Å². The molecule has 0 aromatic heterocycles. The maximum atomic E-state index is 10.2. The summed E-state index contributed by atoms with van der Waals surface area (Å²) in [5, 5.41) is 11.3. The lowest BCUT2D eigenvalue weighted by molar-refractivity contribution is -0.138. The predicted molar refractivity (Wildman–Crippen MR) is 56.9 cm³/mol. The third-order valence-electron chi connectivity index (χ3n) is 1.31. The smallest absolute Gasteiger partial charge is 0.320 e. The van der Waals surface area contributed by atoms with E-state index in [2.05, 4.69) is 17.5 Å². The van der Waals surface area contributed by atoms with Gasteiger partial charge in [-0.05, 0) is 25.1 Å². The minimum Gasteiger partial charge on any atom is -0.480 e. The molecule has 0 heterocycles. The van der Waals surface area contributed by atoms with Crippen LogP contribution in [-0.4, -0.2) is 28.8 Å². The van der Waals surface area contributed by atoms with Gasteiger partial charge in [-0.3, -0.25) is 4.79 Å². The molecule has 0 radical (unpaired) electrons. The molecule has 0 amide bonds. The van der Waals surface area contributed by atoms with E-state index in [0.717, 1.165) is 0 Å². The van der Waals surface area contributed by atoms with Crippen molar-refractivity contribution in [1.29, 1.82) is 0 Å². The van der Waals surface area contributed by atoms with E-state index in [9.17, 15) is 4.79 Å². The van der Waals surface area contributed by atoms with Gasteiger partial charge >= 0.3 is 5.97 Å². The number of halogens is 1. The second-order valence-corrected chi connectivity index (χ2v) is 2.82. The van der Waals surface area contributed by atoms with Crippen LogP contribution in [0.15, 0.2) is 0 Å². The highest BCUT2D eigenvalue weighted by Crippen LogP contribution is 1.92. The lowest BCUT2D eigenvalue weighted by Crippen LogP contribution is -2.33. The fourth-order valence-corrected chi connectivity index (χ4v) is 0.759. The maximum absolute atomic E-state index is 10.2. The van der Waals surface area contributed by atoms with Gasteiger partial charge in [-0.25, -0.2) is 0 Å². The summed E-state index contributed by atoms with van der Waals surface area (Å²) in [5.41, 5.74) is 10.4. The maximum Gasteiger partial charge on any atom is 0.320 e. The van der Waals surface area contributed by atoms with Gasteiger partial charge in [0.05, 0.1) is 0 Å². The highest BCUT2D eigenvalue weighted by molar-refractivity contribution is 7.80. The number of carbonyl (C=O) groups is 1. The first-order chi connectivity index (χ1) is 5.54. The van der Waals surface area contributed by atoms with E-state index in [4.69, 9.17) is 16.6 Å². The van der Waals surface area contributed by atoms with E-state index in [1.54, 1.807) is 0 Å². The van der Waals surface area contributed by atoms with E-state index in [-0.39, 0.29) is 17.5 Å². The molecule has 13 heavy (non-hydrogen) atoms. The molecule has 6 N–H and O–H groups in total. The van der Waals surface area contributed by atoms with Crippen molar-refractivity contribution in [3.8, 4) is 0 Å². The average Bonchev–Trinajstić information content (AvgIpc) is 1.97. The molecule has 78 valence electrons. The lowest BCUT2D eigenvalue weighted by Gasteiger charge is -2.06. The molecule has 0 aromatic rings. The van der Waals surface area contributed by atoms with Gasteiger partial charge in [-0.2, -0.15) is 0 Å². The lowest BCUT2D eigenvalue weighted by atomic mass is 10.2. The van der Waals surface area contributed by atoms with Crippen molar-refractivity contribution in [3.63, 3.8) is 0 Å². The van der Waals surface area contributed by atoms with Crippen LogP contribution >= 0.6 is 24.6 Å². The Morgan fingerprint density at radius 2 is 2.15 bits per heavy atom. The van der Waals surface area contributed by atoms with Crippen LogP contribution in [0.1, 0.15) is 12.8 Å². The van der Waals surface area contributed by atoms with Gasteiger partial charge in [-0.15, -0.1) is 12.4 Å². The van der Waals surface area contributed by atoms with Crippen molar-refractivity contribution < 1.29 is 9.90 Å². The normalized spacial score (nSPS) is 11.2. The largest absolute Gasteiger partial charge is 0.480 e. The number of nitrogens with two attached hydrogens (primary N) is 2. The van der Waals surface area contributed by atoms with Gasteiger partial charge < -0.3 is 21.9 Å². The molecule has 5 nitrogen and oxygen atoms in total. The second kappa shape index (κ2) is 8.03. The van der Waals surface area contributed by atoms with Crippen molar-refractivity contribution in [2.75, 3.05) is 6.54 Å². The summed E-state index contributed by atoms with van der Waals surface area (Å²) in [4.78, 5) is 10.2. The van der Waals surface area contributed by atoms with Gasteiger partial charge in [0.1, 0.15) is 6.04 Å². The van der Waals surface area contributed by atoms with Gasteiger partial charge in [0, 0.05) is 6.54 Å². The number of thiocarbonyl (C=S) groups is 1. The standard InChI is InChI=1S/C6H13N3O2S.ClH/c7-4(5(10)11)2-1-3-9-6(8)12;/h4H,1-3,7H2,(H,10,11)(H3,8,9,12);1H. The first kappa shape index (κ1) is 14.9. The Hall–Kier alpha value is -0.590. The average molecular weight is 228 g/mol. The topological polar surface area (TPSA) is 101 Å². The summed E-state index contributed by atoms with van der Waals surface area (Å²) < 4.78 is 0. The van der Waals surface area contributed by atoms with Gasteiger partial charge in [0.15, 0.2) is 5.11 Å². The minimum atomic E-state index is -0.981. The van der Waals surface area contributed by atoms with Crippen molar-refractivity contribution in [1.82, 2.24) is 5.32 Å². The Labute approximate surface area is 88.3 Å². The summed E-state index contributed by atoms with van der Waals surface area (Å²) >= 11 is 4.55. The molecule has 0 saturated heterocycles. The monoisotopic (exact) mass is 227 g/mol. The number of aliphatic carboxylic acids is 1.